The van der Waals surface area contributed by atoms with Crippen LogP contribution in [0.3, 0.4) is 0 Å². The van der Waals surface area contributed by atoms with Gasteiger partial charge in [-0.1, -0.05) is 42.1 Å². The molecule has 1 N–H and O–H groups in total. The molecule has 8 nitrogen and oxygen atoms in total. The second kappa shape index (κ2) is 10.3. The smallest absolute Gasteiger partial charge is 0.285 e. The maximum absolute atomic E-state index is 12.7. The average molecular weight is 492 g/mol. The Bertz CT molecular complexity index is 1280. The van der Waals surface area contributed by atoms with Crippen molar-refractivity contribution in [3.63, 3.8) is 0 Å². The van der Waals surface area contributed by atoms with E-state index in [-0.39, 0.29) is 16.6 Å². The highest BCUT2D eigenvalue weighted by Crippen LogP contribution is 2.31. The van der Waals surface area contributed by atoms with E-state index in [1.54, 1.807) is 72.8 Å². The predicted molar refractivity (Wildman–Crippen MR) is 133 cm³/mol. The van der Waals surface area contributed by atoms with Crippen molar-refractivity contribution in [2.24, 2.45) is 0 Å². The first-order chi connectivity index (χ1) is 16.4. The van der Waals surface area contributed by atoms with Crippen molar-refractivity contribution >= 4 is 51.9 Å². The zero-order valence-corrected chi connectivity index (χ0v) is 19.2. The molecule has 170 valence electrons. The molecule has 1 fully saturated rings. The van der Waals surface area contributed by atoms with Crippen molar-refractivity contribution in [3.8, 4) is 5.75 Å². The van der Waals surface area contributed by atoms with Crippen molar-refractivity contribution in [1.82, 2.24) is 10.4 Å². The predicted octanol–water partition coefficient (Wildman–Crippen LogP) is 4.72. The fourth-order valence-electron chi connectivity index (χ4n) is 3.01. The minimum absolute atomic E-state index is 0.0261. The first-order valence-electron chi connectivity index (χ1n) is 10.0. The van der Waals surface area contributed by atoms with Gasteiger partial charge in [0.15, 0.2) is 4.32 Å². The number of hydrogen-bond donors (Lipinski definition) is 1. The second-order valence-electron chi connectivity index (χ2n) is 7.11. The summed E-state index contributed by atoms with van der Waals surface area (Å²) in [6, 6.07) is 21.8. The van der Waals surface area contributed by atoms with E-state index in [1.807, 2.05) is 0 Å². The summed E-state index contributed by atoms with van der Waals surface area (Å²) in [6.45, 7) is 0.261. The molecule has 1 heterocycles. The molecule has 0 spiro atoms. The largest absolute Gasteiger partial charge is 0.489 e. The molecule has 0 aromatic heterocycles. The molecule has 1 aliphatic heterocycles. The zero-order chi connectivity index (χ0) is 24.1. The molecule has 0 bridgehead atoms. The van der Waals surface area contributed by atoms with E-state index in [1.165, 1.54) is 12.1 Å². The number of hydrogen-bond acceptors (Lipinski definition) is 7. The number of thioether (sulfide) groups is 1. The van der Waals surface area contributed by atoms with Gasteiger partial charge < -0.3 is 4.74 Å². The lowest BCUT2D eigenvalue weighted by Gasteiger charge is -2.15. The number of amides is 2. The van der Waals surface area contributed by atoms with Crippen LogP contribution in [0, 0.1) is 10.1 Å². The highest BCUT2D eigenvalue weighted by Gasteiger charge is 2.33. The third-order valence-electron chi connectivity index (χ3n) is 4.77. The summed E-state index contributed by atoms with van der Waals surface area (Å²) in [7, 11) is 0. The van der Waals surface area contributed by atoms with Crippen LogP contribution in [0.15, 0.2) is 83.8 Å². The summed E-state index contributed by atoms with van der Waals surface area (Å²) in [5.74, 6) is -0.219. The molecule has 3 aromatic carbocycles. The quantitative estimate of drug-likeness (QED) is 0.221. The maximum atomic E-state index is 12.7. The van der Waals surface area contributed by atoms with E-state index in [4.69, 9.17) is 17.0 Å². The van der Waals surface area contributed by atoms with Crippen LogP contribution in [0.4, 0.5) is 5.69 Å². The summed E-state index contributed by atoms with van der Waals surface area (Å²) >= 11 is 6.36. The van der Waals surface area contributed by atoms with Crippen molar-refractivity contribution in [1.29, 1.82) is 0 Å². The lowest BCUT2D eigenvalue weighted by molar-refractivity contribution is -0.384. The number of non-ortho nitro benzene ring substituents is 1. The van der Waals surface area contributed by atoms with Gasteiger partial charge in [0.1, 0.15) is 12.4 Å². The number of carbonyl (C=O) groups excluding carboxylic acids is 2. The molecule has 0 saturated carbocycles. The molecule has 1 aliphatic rings. The Morgan fingerprint density at radius 1 is 1.06 bits per heavy atom. The van der Waals surface area contributed by atoms with Gasteiger partial charge in [-0.2, -0.15) is 5.01 Å². The molecular formula is C24H17N3O5S2. The number of benzene rings is 3. The Labute approximate surface area is 204 Å². The van der Waals surface area contributed by atoms with Gasteiger partial charge in [-0.25, -0.2) is 0 Å². The Hall–Kier alpha value is -4.02. The zero-order valence-electron chi connectivity index (χ0n) is 17.5. The Kier molecular flexibility index (Phi) is 7.00. The third kappa shape index (κ3) is 5.48. The Balaban J connectivity index is 1.37. The first kappa shape index (κ1) is 23.1. The van der Waals surface area contributed by atoms with E-state index >= 15 is 0 Å². The van der Waals surface area contributed by atoms with Gasteiger partial charge in [-0.15, -0.1) is 0 Å². The lowest BCUT2D eigenvalue weighted by Crippen LogP contribution is -2.44. The van der Waals surface area contributed by atoms with Gasteiger partial charge in [0.25, 0.3) is 17.5 Å². The Morgan fingerprint density at radius 3 is 2.38 bits per heavy atom. The lowest BCUT2D eigenvalue weighted by atomic mass is 10.2. The van der Waals surface area contributed by atoms with Crippen LogP contribution in [-0.2, 0) is 11.4 Å². The van der Waals surface area contributed by atoms with Crippen LogP contribution < -0.4 is 10.2 Å². The summed E-state index contributed by atoms with van der Waals surface area (Å²) in [5.41, 5.74) is 4.56. The van der Waals surface area contributed by atoms with Crippen molar-refractivity contribution in [3.05, 3.63) is 111 Å². The first-order valence-corrected chi connectivity index (χ1v) is 11.2. The standard InChI is InChI=1S/C24H17N3O5S2/c28-22(18-4-2-1-3-5-18)25-26-23(29)21(34-24(26)33)14-16-8-12-20(13-9-16)32-15-17-6-10-19(11-7-17)27(30)31/h1-14H,15H2,(H,25,28)/b21-14+. The molecule has 0 atom stereocenters. The van der Waals surface area contributed by atoms with Crippen LogP contribution >= 0.6 is 24.0 Å². The summed E-state index contributed by atoms with van der Waals surface area (Å²) < 4.78 is 5.96. The molecule has 3 aromatic rings. The molecule has 0 aliphatic carbocycles. The normalized spacial score (nSPS) is 14.4. The molecule has 4 rings (SSSR count). The van der Waals surface area contributed by atoms with Crippen molar-refractivity contribution in [2.75, 3.05) is 0 Å². The van der Waals surface area contributed by atoms with Gasteiger partial charge in [0.05, 0.1) is 9.83 Å². The number of rotatable bonds is 7. The minimum Gasteiger partial charge on any atom is -0.489 e. The van der Waals surface area contributed by atoms with Gasteiger partial charge >= 0.3 is 0 Å². The van der Waals surface area contributed by atoms with Gasteiger partial charge in [-0.3, -0.25) is 25.1 Å². The SMILES string of the molecule is O=C(NN1C(=O)/C(=C\c2ccc(OCc3ccc([N+](=O)[O-])cc3)cc2)SC1=S)c1ccccc1. The molecule has 34 heavy (non-hydrogen) atoms. The number of nitrogens with zero attached hydrogens (tertiary/aromatic N) is 2. The molecule has 0 radical (unpaired) electrons. The molecule has 0 unspecified atom stereocenters. The van der Waals surface area contributed by atoms with E-state index in [0.29, 0.717) is 16.2 Å². The molecule has 10 heteroatoms. The number of ether oxygens (including phenoxy) is 1. The van der Waals surface area contributed by atoms with Crippen LogP contribution in [0.1, 0.15) is 21.5 Å². The fraction of sp³-hybridized carbons (Fsp3) is 0.0417. The van der Waals surface area contributed by atoms with Crippen LogP contribution in [-0.4, -0.2) is 26.1 Å². The number of nitro groups is 1. The maximum Gasteiger partial charge on any atom is 0.285 e. The number of hydrazine groups is 1. The van der Waals surface area contributed by atoms with Crippen molar-refractivity contribution in [2.45, 2.75) is 6.61 Å². The third-order valence-corrected chi connectivity index (χ3v) is 6.08. The topological polar surface area (TPSA) is 102 Å². The van der Waals surface area contributed by atoms with Crippen LogP contribution in [0.2, 0.25) is 0 Å². The van der Waals surface area contributed by atoms with E-state index in [0.717, 1.165) is 27.9 Å². The van der Waals surface area contributed by atoms with Gasteiger partial charge in [-0.05, 0) is 65.8 Å². The summed E-state index contributed by atoms with van der Waals surface area (Å²) in [5, 5.41) is 11.8. The van der Waals surface area contributed by atoms with Crippen LogP contribution in [0.25, 0.3) is 6.08 Å². The highest BCUT2D eigenvalue weighted by molar-refractivity contribution is 8.26. The molecule has 2 amide bonds. The average Bonchev–Trinajstić information content (AvgIpc) is 3.11. The number of nitro benzene ring substituents is 1. The molecule has 1 saturated heterocycles. The Morgan fingerprint density at radius 2 is 1.74 bits per heavy atom. The van der Waals surface area contributed by atoms with E-state index in [2.05, 4.69) is 5.43 Å². The fourth-order valence-corrected chi connectivity index (χ4v) is 4.19. The minimum atomic E-state index is -0.450. The van der Waals surface area contributed by atoms with Crippen molar-refractivity contribution < 1.29 is 19.2 Å². The number of carbonyl (C=O) groups is 2. The monoisotopic (exact) mass is 491 g/mol. The number of thiocarbonyl (C=S) groups is 1. The summed E-state index contributed by atoms with van der Waals surface area (Å²) in [6.07, 6.45) is 1.69. The summed E-state index contributed by atoms with van der Waals surface area (Å²) in [4.78, 5) is 35.8. The highest BCUT2D eigenvalue weighted by atomic mass is 32.2. The van der Waals surface area contributed by atoms with Gasteiger partial charge in [0, 0.05) is 17.7 Å². The second-order valence-corrected chi connectivity index (χ2v) is 8.78. The number of nitrogens with one attached hydrogen (secondary N) is 1. The van der Waals surface area contributed by atoms with E-state index < -0.39 is 16.7 Å². The van der Waals surface area contributed by atoms with E-state index in [9.17, 15) is 19.7 Å². The molecular weight excluding hydrogens is 474 g/mol. The van der Waals surface area contributed by atoms with Gasteiger partial charge in [0.2, 0.25) is 0 Å². The van der Waals surface area contributed by atoms with Crippen LogP contribution in [0.5, 0.6) is 5.75 Å².